The molecule has 0 saturated heterocycles. The Bertz CT molecular complexity index is 774. The van der Waals surface area contributed by atoms with Gasteiger partial charge in [0.15, 0.2) is 10.3 Å². The number of hydrogen-bond donors (Lipinski definition) is 2. The van der Waals surface area contributed by atoms with Gasteiger partial charge in [-0.3, -0.25) is 9.59 Å². The van der Waals surface area contributed by atoms with Gasteiger partial charge in [-0.15, -0.1) is 11.3 Å². The summed E-state index contributed by atoms with van der Waals surface area (Å²) in [5, 5.41) is 5.18. The second-order valence-corrected chi connectivity index (χ2v) is 6.61. The number of hydrogen-bond acceptors (Lipinski definition) is 9. The molecule has 0 atom stereocenters. The third-order valence-corrected chi connectivity index (χ3v) is 4.51. The Morgan fingerprint density at radius 2 is 2.04 bits per heavy atom. The number of aromatic amines is 1. The molecule has 0 unspecified atom stereocenters. The van der Waals surface area contributed by atoms with Crippen molar-refractivity contribution in [1.82, 2.24) is 15.0 Å². The Hall–Kier alpha value is -2.40. The molecular weight excluding hydrogens is 380 g/mol. The zero-order valence-electron chi connectivity index (χ0n) is 14.2. The van der Waals surface area contributed by atoms with Crippen LogP contribution in [0, 0.1) is 0 Å². The molecule has 0 spiro atoms. The van der Waals surface area contributed by atoms with Crippen LogP contribution in [0.25, 0.3) is 0 Å². The van der Waals surface area contributed by atoms with Crippen LogP contribution >= 0.6 is 23.1 Å². The van der Waals surface area contributed by atoms with E-state index in [2.05, 4.69) is 20.3 Å². The molecule has 0 radical (unpaired) electrons. The first-order chi connectivity index (χ1) is 12.5. The van der Waals surface area contributed by atoms with Gasteiger partial charge in [-0.1, -0.05) is 11.8 Å². The topological polar surface area (TPSA) is 123 Å². The minimum absolute atomic E-state index is 0.0675. The fraction of sp³-hybridized carbons (Fsp3) is 0.400. The molecule has 2 aromatic heterocycles. The standard InChI is InChI=1S/C15H18N4O5S2/c1-3-23-12(21)5-9-7-25-15(17-9)19-11(20)8-26-14-16-6-10(18-14)13(22)24-4-2/h6-7H,3-5,8H2,1-2H3,(H,16,18)(H,17,19,20). The highest BCUT2D eigenvalue weighted by molar-refractivity contribution is 7.99. The van der Waals surface area contributed by atoms with E-state index < -0.39 is 5.97 Å². The monoisotopic (exact) mass is 398 g/mol. The van der Waals surface area contributed by atoms with Crippen LogP contribution in [0.5, 0.6) is 0 Å². The number of nitrogens with one attached hydrogen (secondary N) is 2. The number of imidazole rings is 1. The molecule has 0 aliphatic rings. The molecule has 0 aromatic carbocycles. The molecular formula is C15H18N4O5S2. The van der Waals surface area contributed by atoms with Crippen molar-refractivity contribution in [2.24, 2.45) is 0 Å². The van der Waals surface area contributed by atoms with Crippen LogP contribution in [-0.4, -0.2) is 51.8 Å². The molecule has 2 rings (SSSR count). The number of thioether (sulfide) groups is 1. The highest BCUT2D eigenvalue weighted by atomic mass is 32.2. The van der Waals surface area contributed by atoms with Crippen LogP contribution in [0.3, 0.4) is 0 Å². The summed E-state index contributed by atoms with van der Waals surface area (Å²) in [6.45, 7) is 4.03. The van der Waals surface area contributed by atoms with Crippen LogP contribution in [0.1, 0.15) is 30.0 Å². The second kappa shape index (κ2) is 9.92. The lowest BCUT2D eigenvalue weighted by Gasteiger charge is -2.00. The average Bonchev–Trinajstić information content (AvgIpc) is 3.23. The van der Waals surface area contributed by atoms with Crippen molar-refractivity contribution in [2.75, 3.05) is 24.3 Å². The van der Waals surface area contributed by atoms with E-state index in [1.165, 1.54) is 17.5 Å². The maximum atomic E-state index is 12.0. The average molecular weight is 398 g/mol. The zero-order chi connectivity index (χ0) is 18.9. The first kappa shape index (κ1) is 19.9. The Morgan fingerprint density at radius 3 is 2.77 bits per heavy atom. The Labute approximate surface area is 157 Å². The van der Waals surface area contributed by atoms with E-state index >= 15 is 0 Å². The number of anilines is 1. The fourth-order valence-electron chi connectivity index (χ4n) is 1.78. The molecule has 0 bridgehead atoms. The molecule has 11 heteroatoms. The second-order valence-electron chi connectivity index (χ2n) is 4.79. The summed E-state index contributed by atoms with van der Waals surface area (Å²) in [6, 6.07) is 0. The van der Waals surface area contributed by atoms with Crippen molar-refractivity contribution in [3.63, 3.8) is 0 Å². The van der Waals surface area contributed by atoms with Gasteiger partial charge in [-0.25, -0.2) is 14.8 Å². The molecule has 9 nitrogen and oxygen atoms in total. The Morgan fingerprint density at radius 1 is 1.27 bits per heavy atom. The maximum Gasteiger partial charge on any atom is 0.356 e. The lowest BCUT2D eigenvalue weighted by Crippen LogP contribution is -2.14. The highest BCUT2D eigenvalue weighted by Gasteiger charge is 2.13. The number of rotatable bonds is 9. The van der Waals surface area contributed by atoms with Crippen molar-refractivity contribution in [1.29, 1.82) is 0 Å². The summed E-state index contributed by atoms with van der Waals surface area (Å²) in [4.78, 5) is 45.9. The molecule has 1 amide bonds. The van der Waals surface area contributed by atoms with Crippen LogP contribution in [0.15, 0.2) is 16.7 Å². The number of nitrogens with zero attached hydrogens (tertiary/aromatic N) is 2. The first-order valence-corrected chi connectivity index (χ1v) is 9.63. The first-order valence-electron chi connectivity index (χ1n) is 7.76. The summed E-state index contributed by atoms with van der Waals surface area (Å²) in [6.07, 6.45) is 1.43. The molecule has 2 aromatic rings. The van der Waals surface area contributed by atoms with Crippen LogP contribution in [0.4, 0.5) is 5.13 Å². The lowest BCUT2D eigenvalue weighted by atomic mass is 10.3. The van der Waals surface area contributed by atoms with Crippen molar-refractivity contribution < 1.29 is 23.9 Å². The van der Waals surface area contributed by atoms with Gasteiger partial charge in [-0.2, -0.15) is 0 Å². The van der Waals surface area contributed by atoms with Gasteiger partial charge in [0.1, 0.15) is 5.69 Å². The van der Waals surface area contributed by atoms with Gasteiger partial charge in [0.05, 0.1) is 37.3 Å². The predicted molar refractivity (Wildman–Crippen MR) is 96.3 cm³/mol. The van der Waals surface area contributed by atoms with Gasteiger partial charge < -0.3 is 19.8 Å². The largest absolute Gasteiger partial charge is 0.466 e. The predicted octanol–water partition coefficient (Wildman–Crippen LogP) is 1.88. The molecule has 0 aliphatic carbocycles. The van der Waals surface area contributed by atoms with Gasteiger partial charge in [-0.05, 0) is 13.8 Å². The molecule has 0 aliphatic heterocycles. The molecule has 0 saturated carbocycles. The number of thiazole rings is 1. The number of amides is 1. The molecule has 0 fully saturated rings. The minimum Gasteiger partial charge on any atom is -0.466 e. The third kappa shape index (κ3) is 6.15. The van der Waals surface area contributed by atoms with Crippen LogP contribution in [-0.2, 0) is 25.5 Å². The minimum atomic E-state index is -0.492. The van der Waals surface area contributed by atoms with E-state index in [0.717, 1.165) is 11.8 Å². The number of ether oxygens (including phenoxy) is 2. The van der Waals surface area contributed by atoms with E-state index in [9.17, 15) is 14.4 Å². The molecule has 2 N–H and O–H groups in total. The maximum absolute atomic E-state index is 12.0. The fourth-order valence-corrected chi connectivity index (χ4v) is 3.16. The summed E-state index contributed by atoms with van der Waals surface area (Å²) in [5.74, 6) is -1.04. The number of carbonyl (C=O) groups excluding carboxylic acids is 3. The van der Waals surface area contributed by atoms with Crippen LogP contribution < -0.4 is 5.32 Å². The highest BCUT2D eigenvalue weighted by Crippen LogP contribution is 2.18. The number of H-pyrrole nitrogens is 1. The summed E-state index contributed by atoms with van der Waals surface area (Å²) in [5.41, 5.74) is 0.778. The van der Waals surface area contributed by atoms with Crippen LogP contribution in [0.2, 0.25) is 0 Å². The number of aromatic nitrogens is 3. The van der Waals surface area contributed by atoms with E-state index in [-0.39, 0.29) is 36.4 Å². The Balaban J connectivity index is 1.79. The number of esters is 2. The van der Waals surface area contributed by atoms with Gasteiger partial charge in [0.25, 0.3) is 0 Å². The van der Waals surface area contributed by atoms with Crippen molar-refractivity contribution in [3.05, 3.63) is 23.0 Å². The van der Waals surface area contributed by atoms with Gasteiger partial charge in [0.2, 0.25) is 5.91 Å². The van der Waals surface area contributed by atoms with Crippen molar-refractivity contribution in [3.8, 4) is 0 Å². The van der Waals surface area contributed by atoms with Gasteiger partial charge >= 0.3 is 11.9 Å². The molecule has 2 heterocycles. The van der Waals surface area contributed by atoms with E-state index in [1.54, 1.807) is 19.2 Å². The van der Waals surface area contributed by atoms with E-state index in [0.29, 0.717) is 22.6 Å². The molecule has 26 heavy (non-hydrogen) atoms. The molecule has 140 valence electrons. The van der Waals surface area contributed by atoms with E-state index in [4.69, 9.17) is 9.47 Å². The summed E-state index contributed by atoms with van der Waals surface area (Å²) in [7, 11) is 0. The smallest absolute Gasteiger partial charge is 0.356 e. The quantitative estimate of drug-likeness (QED) is 0.485. The summed E-state index contributed by atoms with van der Waals surface area (Å²) >= 11 is 2.37. The SMILES string of the molecule is CCOC(=O)Cc1csc(NC(=O)CSc2ncc(C(=O)OCC)[nH]2)n1. The normalized spacial score (nSPS) is 10.4. The lowest BCUT2D eigenvalue weighted by molar-refractivity contribution is -0.142. The number of carbonyl (C=O) groups is 3. The van der Waals surface area contributed by atoms with Crippen molar-refractivity contribution >= 4 is 46.1 Å². The van der Waals surface area contributed by atoms with E-state index in [1.807, 2.05) is 0 Å². The zero-order valence-corrected chi connectivity index (χ0v) is 15.9. The Kier molecular flexibility index (Phi) is 7.60. The van der Waals surface area contributed by atoms with Gasteiger partial charge in [0, 0.05) is 5.38 Å². The third-order valence-electron chi connectivity index (χ3n) is 2.82. The van der Waals surface area contributed by atoms with Crippen molar-refractivity contribution in [2.45, 2.75) is 25.4 Å². The summed E-state index contributed by atoms with van der Waals surface area (Å²) < 4.78 is 9.70.